The summed E-state index contributed by atoms with van der Waals surface area (Å²) in [5, 5.41) is 17.4. The van der Waals surface area contributed by atoms with Crippen molar-refractivity contribution < 1.29 is 24.4 Å². The number of anilines is 1. The molecule has 0 bridgehead atoms. The third-order valence-electron chi connectivity index (χ3n) is 5.14. The molecule has 0 aliphatic rings. The second kappa shape index (κ2) is 13.5. The van der Waals surface area contributed by atoms with E-state index < -0.39 is 11.9 Å². The van der Waals surface area contributed by atoms with Crippen molar-refractivity contribution in [3.63, 3.8) is 0 Å². The number of rotatable bonds is 10. The molecule has 1 aromatic heterocycles. The van der Waals surface area contributed by atoms with Gasteiger partial charge in [-0.25, -0.2) is 13.9 Å². The number of fused-ring (bicyclic) bond motifs is 1. The number of unbranched alkanes of at least 4 members (excludes halogenated alkanes) is 5. The van der Waals surface area contributed by atoms with Gasteiger partial charge in [0.2, 0.25) is 0 Å². The predicted molar refractivity (Wildman–Crippen MR) is 126 cm³/mol. The molecule has 0 amide bonds. The Morgan fingerprint density at radius 1 is 0.938 bits per heavy atom. The number of carbonyl (C=O) groups is 2. The number of nitrogens with two attached hydrogens (primary N) is 1. The summed E-state index contributed by atoms with van der Waals surface area (Å²) in [6.07, 6.45) is 7.72. The van der Waals surface area contributed by atoms with E-state index >= 15 is 0 Å². The average Bonchev–Trinajstić information content (AvgIpc) is 3.05. The Balaban J connectivity index is 0.000000534. The minimum atomic E-state index is -2.07. The summed E-state index contributed by atoms with van der Waals surface area (Å²) < 4.78 is 4.53. The molecular weight excluding hydrogens is 474 g/mol. The van der Waals surface area contributed by atoms with Crippen molar-refractivity contribution >= 4 is 44.9 Å². The van der Waals surface area contributed by atoms with E-state index in [2.05, 4.69) is 79.7 Å². The first kappa shape index (κ1) is 25.4. The highest BCUT2D eigenvalue weighted by Crippen LogP contribution is 2.18. The molecule has 3 N–H and O–H groups in total. The standard InChI is InChI=1S/C22H28BrN3.C2H2O4/c23-16-10-3-1-2-4-11-17-25-20-14-8-9-15-21(20)26(22(25)24)18-19-12-6-5-7-13-19;3-1(4)2(5)6/h5-9,12-15,24H,1-4,10-11,16-18H2;(H,3,4)(H,5,6). The van der Waals surface area contributed by atoms with Crippen molar-refractivity contribution in [2.24, 2.45) is 0 Å². The molecule has 0 saturated carbocycles. The lowest BCUT2D eigenvalue weighted by atomic mass is 10.1. The maximum Gasteiger partial charge on any atom is 0.356 e. The lowest BCUT2D eigenvalue weighted by molar-refractivity contribution is -0.648. The molecule has 3 rings (SSSR count). The van der Waals surface area contributed by atoms with Crippen molar-refractivity contribution in [2.75, 3.05) is 11.1 Å². The van der Waals surface area contributed by atoms with Crippen molar-refractivity contribution in [3.8, 4) is 0 Å². The average molecular weight is 504 g/mol. The van der Waals surface area contributed by atoms with Gasteiger partial charge in [0.05, 0.1) is 13.1 Å². The second-order valence-corrected chi connectivity index (χ2v) is 8.27. The molecule has 8 heteroatoms. The van der Waals surface area contributed by atoms with Gasteiger partial charge in [-0.1, -0.05) is 84.1 Å². The molecule has 0 spiro atoms. The van der Waals surface area contributed by atoms with E-state index in [0.29, 0.717) is 0 Å². The van der Waals surface area contributed by atoms with Gasteiger partial charge >= 0.3 is 11.9 Å². The third kappa shape index (κ3) is 7.67. The van der Waals surface area contributed by atoms with E-state index in [1.54, 1.807) is 0 Å². The fourth-order valence-corrected chi connectivity index (χ4v) is 3.95. The Labute approximate surface area is 196 Å². The summed E-state index contributed by atoms with van der Waals surface area (Å²) in [6, 6.07) is 19.1. The zero-order valence-electron chi connectivity index (χ0n) is 18.1. The van der Waals surface area contributed by atoms with Crippen LogP contribution < -0.4 is 15.4 Å². The van der Waals surface area contributed by atoms with Crippen molar-refractivity contribution in [3.05, 3.63) is 60.2 Å². The van der Waals surface area contributed by atoms with Crippen LogP contribution in [-0.2, 0) is 22.7 Å². The van der Waals surface area contributed by atoms with Crippen molar-refractivity contribution in [1.29, 1.82) is 0 Å². The number of nitrogen functional groups attached to an aromatic ring is 1. The molecule has 0 fully saturated rings. The fourth-order valence-electron chi connectivity index (χ4n) is 3.55. The van der Waals surface area contributed by atoms with Crippen LogP contribution in [-0.4, -0.2) is 26.9 Å². The van der Waals surface area contributed by atoms with Crippen LogP contribution in [0.15, 0.2) is 54.6 Å². The molecule has 2 aromatic carbocycles. The van der Waals surface area contributed by atoms with E-state index in [9.17, 15) is 0 Å². The van der Waals surface area contributed by atoms with Crippen LogP contribution in [0.5, 0.6) is 0 Å². The normalized spacial score (nSPS) is 10.5. The van der Waals surface area contributed by atoms with Crippen molar-refractivity contribution in [2.45, 2.75) is 51.6 Å². The smallest absolute Gasteiger partial charge is 0.356 e. The minimum absolute atomic E-state index is 0.812. The SMILES string of the molecule is Nc1n(CCCCCCCCBr)c2ccccc2[n+]1Cc1ccccc1.O=C([O-])C(=O)O. The van der Waals surface area contributed by atoms with Crippen LogP contribution in [0.1, 0.15) is 44.1 Å². The summed E-state index contributed by atoms with van der Waals surface area (Å²) in [5.74, 6) is -3.15. The number of benzene rings is 2. The van der Waals surface area contributed by atoms with Gasteiger partial charge in [0.25, 0.3) is 0 Å². The summed E-state index contributed by atoms with van der Waals surface area (Å²) in [4.78, 5) is 18.0. The molecule has 0 unspecified atom stereocenters. The molecular formula is C24H30BrN3O4. The summed E-state index contributed by atoms with van der Waals surface area (Å²) in [7, 11) is 0. The van der Waals surface area contributed by atoms with E-state index in [1.807, 2.05) is 0 Å². The molecule has 32 heavy (non-hydrogen) atoms. The van der Waals surface area contributed by atoms with E-state index in [1.165, 1.54) is 55.1 Å². The number of hydrogen-bond donors (Lipinski definition) is 2. The Morgan fingerprint density at radius 2 is 1.50 bits per heavy atom. The highest BCUT2D eigenvalue weighted by Gasteiger charge is 2.20. The van der Waals surface area contributed by atoms with Crippen LogP contribution in [0, 0.1) is 0 Å². The maximum absolute atomic E-state index is 9.04. The monoisotopic (exact) mass is 503 g/mol. The number of imidazole rings is 1. The molecule has 0 radical (unpaired) electrons. The fraction of sp³-hybridized carbons (Fsp3) is 0.375. The number of carboxylic acid groups (broad SMARTS) is 2. The van der Waals surface area contributed by atoms with Crippen molar-refractivity contribution in [1.82, 2.24) is 4.57 Å². The summed E-state index contributed by atoms with van der Waals surface area (Å²) in [5.41, 5.74) is 10.3. The minimum Gasteiger partial charge on any atom is -0.539 e. The largest absolute Gasteiger partial charge is 0.539 e. The van der Waals surface area contributed by atoms with Gasteiger partial charge in [-0.3, -0.25) is 5.73 Å². The summed E-state index contributed by atoms with van der Waals surface area (Å²) >= 11 is 3.50. The second-order valence-electron chi connectivity index (χ2n) is 7.47. The molecule has 0 aliphatic heterocycles. The number of para-hydroxylation sites is 2. The van der Waals surface area contributed by atoms with Crippen LogP contribution in [0.25, 0.3) is 11.0 Å². The van der Waals surface area contributed by atoms with E-state index in [-0.39, 0.29) is 0 Å². The molecule has 0 atom stereocenters. The maximum atomic E-state index is 9.04. The number of aryl methyl sites for hydroxylation is 1. The van der Waals surface area contributed by atoms with Gasteiger partial charge in [-0.2, -0.15) is 0 Å². The first-order chi connectivity index (χ1) is 15.5. The number of halogens is 1. The Bertz CT molecular complexity index is 993. The Morgan fingerprint density at radius 3 is 2.12 bits per heavy atom. The van der Waals surface area contributed by atoms with Crippen LogP contribution in [0.3, 0.4) is 0 Å². The predicted octanol–water partition coefficient (Wildman–Crippen LogP) is 3.12. The first-order valence-corrected chi connectivity index (χ1v) is 11.9. The Hall–Kier alpha value is -2.87. The number of nitrogens with zero attached hydrogens (tertiary/aromatic N) is 2. The molecule has 172 valence electrons. The highest BCUT2D eigenvalue weighted by atomic mass is 79.9. The zero-order chi connectivity index (χ0) is 23.3. The number of hydrogen-bond acceptors (Lipinski definition) is 4. The van der Waals surface area contributed by atoms with Crippen LogP contribution in [0.2, 0.25) is 0 Å². The lowest BCUT2D eigenvalue weighted by Gasteiger charge is -2.03. The quantitative estimate of drug-likeness (QED) is 0.191. The van der Waals surface area contributed by atoms with Gasteiger partial charge in [-0.05, 0) is 30.5 Å². The number of aromatic nitrogens is 2. The Kier molecular flexibility index (Phi) is 10.7. The van der Waals surface area contributed by atoms with Gasteiger partial charge in [-0.15, -0.1) is 0 Å². The molecule has 0 saturated heterocycles. The highest BCUT2D eigenvalue weighted by molar-refractivity contribution is 9.09. The molecule has 1 heterocycles. The van der Waals surface area contributed by atoms with Gasteiger partial charge < -0.3 is 15.0 Å². The number of carbonyl (C=O) groups excluding carboxylic acids is 1. The lowest BCUT2D eigenvalue weighted by Crippen LogP contribution is -2.37. The van der Waals surface area contributed by atoms with Crippen LogP contribution in [0.4, 0.5) is 5.95 Å². The zero-order valence-corrected chi connectivity index (χ0v) is 19.7. The number of aliphatic carboxylic acids is 2. The molecule has 3 aromatic rings. The molecule has 0 aliphatic carbocycles. The first-order valence-electron chi connectivity index (χ1n) is 10.8. The van der Waals surface area contributed by atoms with Crippen LogP contribution >= 0.6 is 15.9 Å². The third-order valence-corrected chi connectivity index (χ3v) is 5.70. The number of carboxylic acids is 2. The van der Waals surface area contributed by atoms with E-state index in [4.69, 9.17) is 25.5 Å². The van der Waals surface area contributed by atoms with Gasteiger partial charge in [0, 0.05) is 5.33 Å². The summed E-state index contributed by atoms with van der Waals surface area (Å²) in [6.45, 7) is 1.80. The topological polar surface area (TPSA) is 112 Å². The molecule has 7 nitrogen and oxygen atoms in total. The van der Waals surface area contributed by atoms with E-state index in [0.717, 1.165) is 24.4 Å². The number of alkyl halides is 1. The van der Waals surface area contributed by atoms with Gasteiger partial charge in [0.1, 0.15) is 11.0 Å². The van der Waals surface area contributed by atoms with Gasteiger partial charge in [0.15, 0.2) is 5.97 Å².